The van der Waals surface area contributed by atoms with Crippen LogP contribution < -0.4 is 4.72 Å². The lowest BCUT2D eigenvalue weighted by Crippen LogP contribution is -2.14. The summed E-state index contributed by atoms with van der Waals surface area (Å²) < 4.78 is 33.5. The molecular weight excluding hydrogens is 268 g/mol. The third-order valence-electron chi connectivity index (χ3n) is 2.59. The van der Waals surface area contributed by atoms with Gasteiger partial charge in [-0.3, -0.25) is 4.72 Å². The van der Waals surface area contributed by atoms with Crippen molar-refractivity contribution in [2.24, 2.45) is 0 Å². The van der Waals surface area contributed by atoms with Crippen LogP contribution in [0.25, 0.3) is 0 Å². The third kappa shape index (κ3) is 2.78. The Labute approximate surface area is 111 Å². The van der Waals surface area contributed by atoms with Gasteiger partial charge < -0.3 is 9.09 Å². The molecule has 104 valence electrons. The number of imidazole rings is 1. The standard InChI is InChI=1S/C11H16N4O3S/c1-4-5-15-6-10(12-7-15)14-19(16,17)11-8(2)13-18-9(11)3/h6-7,14H,4-5H2,1-3H3. The van der Waals surface area contributed by atoms with Crippen molar-refractivity contribution in [1.82, 2.24) is 14.7 Å². The number of anilines is 1. The Morgan fingerprint density at radius 2 is 2.16 bits per heavy atom. The quantitative estimate of drug-likeness (QED) is 0.902. The third-order valence-corrected chi connectivity index (χ3v) is 4.19. The number of nitrogens with one attached hydrogen (secondary N) is 1. The molecule has 0 aliphatic rings. The van der Waals surface area contributed by atoms with E-state index in [1.165, 1.54) is 0 Å². The van der Waals surface area contributed by atoms with Crippen molar-refractivity contribution in [2.45, 2.75) is 38.6 Å². The first-order chi connectivity index (χ1) is 8.94. The minimum atomic E-state index is -3.72. The molecule has 0 spiro atoms. The van der Waals surface area contributed by atoms with Crippen molar-refractivity contribution in [1.29, 1.82) is 0 Å². The molecule has 8 heteroatoms. The second-order valence-electron chi connectivity index (χ2n) is 4.26. The predicted molar refractivity (Wildman–Crippen MR) is 69.3 cm³/mol. The smallest absolute Gasteiger partial charge is 0.268 e. The summed E-state index contributed by atoms with van der Waals surface area (Å²) in [6, 6.07) is 0. The van der Waals surface area contributed by atoms with Gasteiger partial charge in [-0.1, -0.05) is 12.1 Å². The van der Waals surface area contributed by atoms with Crippen molar-refractivity contribution >= 4 is 15.8 Å². The van der Waals surface area contributed by atoms with E-state index in [-0.39, 0.29) is 16.5 Å². The summed E-state index contributed by atoms with van der Waals surface area (Å²) in [5.41, 5.74) is 0.331. The fourth-order valence-electron chi connectivity index (χ4n) is 1.84. The second-order valence-corrected chi connectivity index (χ2v) is 5.87. The number of aromatic nitrogens is 3. The van der Waals surface area contributed by atoms with Crippen molar-refractivity contribution in [2.75, 3.05) is 4.72 Å². The Balaban J connectivity index is 2.26. The van der Waals surface area contributed by atoms with Gasteiger partial charge in [-0.25, -0.2) is 13.4 Å². The summed E-state index contributed by atoms with van der Waals surface area (Å²) in [5, 5.41) is 3.64. The summed E-state index contributed by atoms with van der Waals surface area (Å²) in [6.07, 6.45) is 4.19. The predicted octanol–water partition coefficient (Wildman–Crippen LogP) is 1.70. The second kappa shape index (κ2) is 5.04. The van der Waals surface area contributed by atoms with Crippen molar-refractivity contribution < 1.29 is 12.9 Å². The van der Waals surface area contributed by atoms with Crippen LogP contribution in [-0.2, 0) is 16.6 Å². The molecule has 0 atom stereocenters. The number of nitrogens with zero attached hydrogens (tertiary/aromatic N) is 3. The maximum absolute atomic E-state index is 12.2. The first-order valence-corrected chi connectivity index (χ1v) is 7.40. The number of hydrogen-bond acceptors (Lipinski definition) is 5. The van der Waals surface area contributed by atoms with Crippen molar-refractivity contribution in [3.8, 4) is 0 Å². The molecule has 7 nitrogen and oxygen atoms in total. The molecule has 0 amide bonds. The Morgan fingerprint density at radius 1 is 1.42 bits per heavy atom. The minimum Gasteiger partial charge on any atom is -0.360 e. The highest BCUT2D eigenvalue weighted by Gasteiger charge is 2.24. The highest BCUT2D eigenvalue weighted by molar-refractivity contribution is 7.92. The van der Waals surface area contributed by atoms with E-state index in [2.05, 4.69) is 14.9 Å². The van der Waals surface area contributed by atoms with Crippen molar-refractivity contribution in [3.63, 3.8) is 0 Å². The van der Waals surface area contributed by atoms with Crippen molar-refractivity contribution in [3.05, 3.63) is 24.0 Å². The lowest BCUT2D eigenvalue weighted by atomic mass is 10.4. The first kappa shape index (κ1) is 13.6. The average Bonchev–Trinajstić information content (AvgIpc) is 2.86. The van der Waals surface area contributed by atoms with Gasteiger partial charge in [0.1, 0.15) is 5.69 Å². The number of sulfonamides is 1. The maximum Gasteiger partial charge on any atom is 0.268 e. The molecule has 2 heterocycles. The molecule has 0 bridgehead atoms. The summed E-state index contributed by atoms with van der Waals surface area (Å²) >= 11 is 0. The molecule has 2 aromatic rings. The van der Waals surface area contributed by atoms with E-state index in [4.69, 9.17) is 4.52 Å². The summed E-state index contributed by atoms with van der Waals surface area (Å²) in [7, 11) is -3.72. The zero-order valence-corrected chi connectivity index (χ0v) is 11.9. The van der Waals surface area contributed by atoms with Crippen LogP contribution in [0.3, 0.4) is 0 Å². The van der Waals surface area contributed by atoms with Crippen LogP contribution in [0.15, 0.2) is 21.9 Å². The minimum absolute atomic E-state index is 0.0672. The maximum atomic E-state index is 12.2. The van der Waals surface area contributed by atoms with Gasteiger partial charge in [0.15, 0.2) is 16.5 Å². The molecule has 0 saturated carbocycles. The number of rotatable bonds is 5. The molecular formula is C11H16N4O3S. The average molecular weight is 284 g/mol. The van der Waals surface area contributed by atoms with Gasteiger partial charge in [-0.2, -0.15) is 0 Å². The van der Waals surface area contributed by atoms with Crippen LogP contribution in [0.2, 0.25) is 0 Å². The largest absolute Gasteiger partial charge is 0.360 e. The van der Waals surface area contributed by atoms with E-state index >= 15 is 0 Å². The lowest BCUT2D eigenvalue weighted by Gasteiger charge is -2.04. The molecule has 19 heavy (non-hydrogen) atoms. The van der Waals surface area contributed by atoms with Gasteiger partial charge in [0, 0.05) is 12.7 Å². The fraction of sp³-hybridized carbons (Fsp3) is 0.455. The van der Waals surface area contributed by atoms with Gasteiger partial charge in [-0.15, -0.1) is 0 Å². The zero-order chi connectivity index (χ0) is 14.0. The van der Waals surface area contributed by atoms with Crippen LogP contribution in [0, 0.1) is 13.8 Å². The number of aryl methyl sites for hydroxylation is 3. The fourth-order valence-corrected chi connectivity index (χ4v) is 3.16. The Bertz CT molecular complexity index is 652. The topological polar surface area (TPSA) is 90.0 Å². The van der Waals surface area contributed by atoms with E-state index in [1.54, 1.807) is 26.4 Å². The molecule has 0 saturated heterocycles. The summed E-state index contributed by atoms with van der Waals surface area (Å²) in [4.78, 5) is 4.08. The van der Waals surface area contributed by atoms with E-state index in [0.717, 1.165) is 13.0 Å². The molecule has 0 aliphatic carbocycles. The summed E-state index contributed by atoms with van der Waals surface area (Å²) in [5.74, 6) is 0.548. The Kier molecular flexibility index (Phi) is 3.61. The van der Waals surface area contributed by atoms with E-state index in [0.29, 0.717) is 5.69 Å². The van der Waals surface area contributed by atoms with Crippen LogP contribution in [-0.4, -0.2) is 23.1 Å². The van der Waals surface area contributed by atoms with Gasteiger partial charge in [0.2, 0.25) is 0 Å². The molecule has 0 radical (unpaired) electrons. The first-order valence-electron chi connectivity index (χ1n) is 5.91. The molecule has 0 aromatic carbocycles. The molecule has 0 unspecified atom stereocenters. The summed E-state index contributed by atoms with van der Waals surface area (Å²) in [6.45, 7) is 5.97. The normalized spacial score (nSPS) is 11.7. The molecule has 2 aromatic heterocycles. The van der Waals surface area contributed by atoms with Crippen LogP contribution in [0.1, 0.15) is 24.8 Å². The number of hydrogen-bond donors (Lipinski definition) is 1. The molecule has 2 rings (SSSR count). The van der Waals surface area contributed by atoms with E-state index < -0.39 is 10.0 Å². The van der Waals surface area contributed by atoms with Crippen LogP contribution >= 0.6 is 0 Å². The monoisotopic (exact) mass is 284 g/mol. The molecule has 0 fully saturated rings. The van der Waals surface area contributed by atoms with Gasteiger partial charge in [0.25, 0.3) is 10.0 Å². The Hall–Kier alpha value is -1.83. The van der Waals surface area contributed by atoms with Gasteiger partial charge in [-0.05, 0) is 20.3 Å². The SMILES string of the molecule is CCCn1cnc(NS(=O)(=O)c2c(C)noc2C)c1. The molecule has 0 aliphatic heterocycles. The van der Waals surface area contributed by atoms with E-state index in [1.807, 2.05) is 11.5 Å². The highest BCUT2D eigenvalue weighted by atomic mass is 32.2. The van der Waals surface area contributed by atoms with Gasteiger partial charge >= 0.3 is 0 Å². The zero-order valence-electron chi connectivity index (χ0n) is 11.0. The highest BCUT2D eigenvalue weighted by Crippen LogP contribution is 2.21. The van der Waals surface area contributed by atoms with Crippen LogP contribution in [0.4, 0.5) is 5.82 Å². The van der Waals surface area contributed by atoms with Crippen LogP contribution in [0.5, 0.6) is 0 Å². The van der Waals surface area contributed by atoms with Gasteiger partial charge in [0.05, 0.1) is 6.33 Å². The van der Waals surface area contributed by atoms with E-state index in [9.17, 15) is 8.42 Å². The Morgan fingerprint density at radius 3 is 2.74 bits per heavy atom. The lowest BCUT2D eigenvalue weighted by molar-refractivity contribution is 0.390. The molecule has 1 N–H and O–H groups in total.